The van der Waals surface area contributed by atoms with Gasteiger partial charge in [-0.15, -0.1) is 0 Å². The number of aryl methyl sites for hydroxylation is 1. The van der Waals surface area contributed by atoms with E-state index in [0.717, 1.165) is 65.2 Å². The first-order chi connectivity index (χ1) is 20.8. The topological polar surface area (TPSA) is 102 Å². The van der Waals surface area contributed by atoms with Crippen molar-refractivity contribution in [3.63, 3.8) is 0 Å². The first kappa shape index (κ1) is 28.8. The smallest absolute Gasteiger partial charge is 0.318 e. The van der Waals surface area contributed by atoms with Crippen molar-refractivity contribution >= 4 is 28.2 Å². The molecule has 0 aliphatic carbocycles. The zero-order valence-corrected chi connectivity index (χ0v) is 24.8. The van der Waals surface area contributed by atoms with Gasteiger partial charge in [0.1, 0.15) is 12.4 Å². The predicted octanol–water partition coefficient (Wildman–Crippen LogP) is 3.78. The van der Waals surface area contributed by atoms with E-state index in [1.54, 1.807) is 0 Å². The van der Waals surface area contributed by atoms with E-state index in [4.69, 9.17) is 14.7 Å². The van der Waals surface area contributed by atoms with Gasteiger partial charge in [0.05, 0.1) is 42.2 Å². The Labute approximate surface area is 251 Å². The van der Waals surface area contributed by atoms with Crippen LogP contribution in [0.1, 0.15) is 36.2 Å². The Morgan fingerprint density at radius 3 is 2.77 bits per heavy atom. The molecule has 3 aliphatic heterocycles. The van der Waals surface area contributed by atoms with E-state index < -0.39 is 17.8 Å². The monoisotopic (exact) mass is 584 g/mol. The van der Waals surface area contributed by atoms with Gasteiger partial charge in [-0.05, 0) is 39.8 Å². The highest BCUT2D eigenvalue weighted by molar-refractivity contribution is 5.95. The van der Waals surface area contributed by atoms with Crippen LogP contribution in [0.25, 0.3) is 10.8 Å². The maximum atomic E-state index is 13.8. The van der Waals surface area contributed by atoms with Crippen LogP contribution in [0.5, 0.6) is 6.01 Å². The quantitative estimate of drug-likeness (QED) is 0.384. The van der Waals surface area contributed by atoms with Crippen molar-refractivity contribution in [3.05, 3.63) is 59.8 Å². The van der Waals surface area contributed by atoms with Gasteiger partial charge in [-0.3, -0.25) is 9.78 Å². The Morgan fingerprint density at radius 2 is 2.00 bits per heavy atom. The van der Waals surface area contributed by atoms with Crippen LogP contribution < -0.4 is 14.5 Å². The molecule has 6 rings (SSSR count). The number of halogens is 1. The van der Waals surface area contributed by atoms with Crippen LogP contribution in [-0.4, -0.2) is 89.1 Å². The average Bonchev–Trinajstić information content (AvgIpc) is 3.43. The number of anilines is 2. The van der Waals surface area contributed by atoms with Gasteiger partial charge >= 0.3 is 6.01 Å². The summed E-state index contributed by atoms with van der Waals surface area (Å²) in [7, 11) is 2.11. The summed E-state index contributed by atoms with van der Waals surface area (Å²) in [5, 5.41) is 11.7. The number of pyridine rings is 1. The summed E-state index contributed by atoms with van der Waals surface area (Å²) in [6.07, 6.45) is 4.92. The van der Waals surface area contributed by atoms with E-state index in [1.165, 1.54) is 4.90 Å². The van der Waals surface area contributed by atoms with E-state index in [9.17, 15) is 14.4 Å². The molecule has 0 radical (unpaired) electrons. The number of benzene rings is 1. The summed E-state index contributed by atoms with van der Waals surface area (Å²) in [5.41, 5.74) is 4.00. The standard InChI is InChI=1S/C32H37FN8O2/c1-21(33)31(42)41-16-15-40(18-24(41)10-12-34)30-27-11-14-39(29-22(2)35-17-23-7-4-5-9-26(23)29)19-28(27)36-32(37-30)43-20-25-8-6-13-38(25)3/h4-5,7,9,17,24-25H,1,6,8,10-11,13-16,18-20H2,2-3H3/t24-,25-/m0/s1. The molecule has 11 heteroatoms. The molecular formula is C32H37FN8O2. The number of ether oxygens (including phenoxy) is 1. The van der Waals surface area contributed by atoms with E-state index in [1.807, 2.05) is 19.2 Å². The first-order valence-corrected chi connectivity index (χ1v) is 14.9. The summed E-state index contributed by atoms with van der Waals surface area (Å²) >= 11 is 0. The van der Waals surface area contributed by atoms with Crippen LogP contribution in [0.4, 0.5) is 15.9 Å². The predicted molar refractivity (Wildman–Crippen MR) is 163 cm³/mol. The third-order valence-corrected chi connectivity index (χ3v) is 8.97. The first-order valence-electron chi connectivity index (χ1n) is 14.9. The van der Waals surface area contributed by atoms with Gasteiger partial charge in [-0.1, -0.05) is 30.8 Å². The molecule has 3 aliphatic rings. The molecule has 2 aromatic heterocycles. The van der Waals surface area contributed by atoms with Crippen LogP contribution in [0.3, 0.4) is 0 Å². The third-order valence-electron chi connectivity index (χ3n) is 8.97. The van der Waals surface area contributed by atoms with Crippen molar-refractivity contribution in [2.45, 2.75) is 51.2 Å². The normalized spacial score (nSPS) is 20.7. The van der Waals surface area contributed by atoms with Crippen LogP contribution in [0.2, 0.25) is 0 Å². The van der Waals surface area contributed by atoms with Gasteiger partial charge in [0.15, 0.2) is 5.83 Å². The minimum absolute atomic E-state index is 0.0846. The molecule has 43 heavy (non-hydrogen) atoms. The van der Waals surface area contributed by atoms with Crippen molar-refractivity contribution in [2.24, 2.45) is 0 Å². The Bertz CT molecular complexity index is 1590. The lowest BCUT2D eigenvalue weighted by Gasteiger charge is -2.42. The summed E-state index contributed by atoms with van der Waals surface area (Å²) in [6.45, 7) is 9.18. The molecule has 0 bridgehead atoms. The Balaban J connectivity index is 1.34. The van der Waals surface area contributed by atoms with Crippen molar-refractivity contribution < 1.29 is 13.9 Å². The lowest BCUT2D eigenvalue weighted by molar-refractivity contribution is -0.131. The van der Waals surface area contributed by atoms with Gasteiger partial charge in [0, 0.05) is 54.8 Å². The maximum absolute atomic E-state index is 13.8. The second-order valence-electron chi connectivity index (χ2n) is 11.7. The number of piperazine rings is 1. The Morgan fingerprint density at radius 1 is 1.16 bits per heavy atom. The fourth-order valence-electron chi connectivity index (χ4n) is 6.66. The van der Waals surface area contributed by atoms with Crippen LogP contribution in [0.15, 0.2) is 42.9 Å². The van der Waals surface area contributed by atoms with E-state index in [0.29, 0.717) is 44.7 Å². The molecule has 0 N–H and O–H groups in total. The minimum Gasteiger partial charge on any atom is -0.462 e. The molecule has 5 heterocycles. The van der Waals surface area contributed by atoms with Crippen molar-refractivity contribution in [3.8, 4) is 12.1 Å². The second-order valence-corrected chi connectivity index (χ2v) is 11.7. The number of hydrogen-bond donors (Lipinski definition) is 0. The number of aromatic nitrogens is 3. The van der Waals surface area contributed by atoms with Crippen molar-refractivity contribution in [1.29, 1.82) is 5.26 Å². The van der Waals surface area contributed by atoms with Crippen molar-refractivity contribution in [2.75, 3.05) is 56.2 Å². The van der Waals surface area contributed by atoms with Crippen LogP contribution in [-0.2, 0) is 17.8 Å². The second kappa shape index (κ2) is 12.1. The summed E-state index contributed by atoms with van der Waals surface area (Å²) in [6, 6.07) is 10.6. The number of rotatable bonds is 7. The largest absolute Gasteiger partial charge is 0.462 e. The molecule has 1 aromatic carbocycles. The maximum Gasteiger partial charge on any atom is 0.318 e. The number of nitriles is 1. The highest BCUT2D eigenvalue weighted by Crippen LogP contribution is 2.36. The molecule has 0 spiro atoms. The summed E-state index contributed by atoms with van der Waals surface area (Å²) in [4.78, 5) is 35.2. The number of amides is 1. The lowest BCUT2D eigenvalue weighted by atomic mass is 10.0. The van der Waals surface area contributed by atoms with Crippen LogP contribution in [0, 0.1) is 18.3 Å². The molecule has 2 fully saturated rings. The molecular weight excluding hydrogens is 547 g/mol. The van der Waals surface area contributed by atoms with E-state index in [2.05, 4.69) is 57.6 Å². The molecule has 10 nitrogen and oxygen atoms in total. The van der Waals surface area contributed by atoms with Crippen molar-refractivity contribution in [1.82, 2.24) is 24.8 Å². The fourth-order valence-corrected chi connectivity index (χ4v) is 6.66. The minimum atomic E-state index is -1.01. The number of carbonyl (C=O) groups excluding carboxylic acids is 1. The third kappa shape index (κ3) is 5.71. The van der Waals surface area contributed by atoms with Gasteiger partial charge in [-0.25, -0.2) is 4.39 Å². The number of hydrogen-bond acceptors (Lipinski definition) is 9. The molecule has 224 valence electrons. The molecule has 2 atom stereocenters. The lowest BCUT2D eigenvalue weighted by Crippen LogP contribution is -2.55. The van der Waals surface area contributed by atoms with Gasteiger partial charge in [0.2, 0.25) is 0 Å². The van der Waals surface area contributed by atoms with E-state index in [-0.39, 0.29) is 13.0 Å². The fraction of sp³-hybridized carbons (Fsp3) is 0.469. The van der Waals surface area contributed by atoms with Gasteiger partial charge in [0.25, 0.3) is 5.91 Å². The number of likely N-dealkylation sites (N-methyl/N-ethyl adjacent to an activating group) is 1. The Hall–Kier alpha value is -4.30. The number of carbonyl (C=O) groups is 1. The summed E-state index contributed by atoms with van der Waals surface area (Å²) in [5.74, 6) is -1.01. The number of likely N-dealkylation sites (tertiary alicyclic amines) is 1. The molecule has 0 saturated carbocycles. The highest BCUT2D eigenvalue weighted by Gasteiger charge is 2.35. The average molecular weight is 585 g/mol. The molecule has 2 saturated heterocycles. The van der Waals surface area contributed by atoms with Gasteiger partial charge in [-0.2, -0.15) is 15.2 Å². The number of nitrogens with zero attached hydrogens (tertiary/aromatic N) is 8. The molecule has 0 unspecified atom stereocenters. The zero-order chi connectivity index (χ0) is 30.1. The number of fused-ring (bicyclic) bond motifs is 2. The van der Waals surface area contributed by atoms with Gasteiger partial charge < -0.3 is 24.3 Å². The zero-order valence-electron chi connectivity index (χ0n) is 24.8. The molecule has 1 amide bonds. The molecule has 3 aromatic rings. The SMILES string of the molecule is C=C(F)C(=O)N1CCN(c2nc(OC[C@@H]3CCCN3C)nc3c2CCN(c2c(C)ncc4ccccc24)C3)C[C@@H]1CC#N. The Kier molecular flexibility index (Phi) is 8.13. The van der Waals surface area contributed by atoms with Crippen LogP contribution >= 0.6 is 0 Å². The summed E-state index contributed by atoms with van der Waals surface area (Å²) < 4.78 is 20.1. The van der Waals surface area contributed by atoms with E-state index >= 15 is 0 Å². The highest BCUT2D eigenvalue weighted by atomic mass is 19.1.